The molecule has 4 nitrogen and oxygen atoms in total. The standard InChI is InChI=1S/C11H11NO3/c1-8(10(13)7-11(14)15)6-9-4-2-3-5-12-9/h2-6H,7H2,1H3,(H,14,15). The Balaban J connectivity index is 2.76. The van der Waals surface area contributed by atoms with E-state index in [-0.39, 0.29) is 0 Å². The van der Waals surface area contributed by atoms with Gasteiger partial charge in [-0.1, -0.05) is 6.07 Å². The second-order valence-electron chi connectivity index (χ2n) is 3.08. The molecule has 78 valence electrons. The number of aliphatic carboxylic acids is 1. The Hall–Kier alpha value is -1.97. The van der Waals surface area contributed by atoms with E-state index in [1.807, 2.05) is 0 Å². The Morgan fingerprint density at radius 2 is 2.20 bits per heavy atom. The van der Waals surface area contributed by atoms with Gasteiger partial charge in [0.15, 0.2) is 5.78 Å². The maximum absolute atomic E-state index is 11.3. The predicted octanol–water partition coefficient (Wildman–Crippen LogP) is 1.53. The SMILES string of the molecule is CC(=Cc1ccccn1)C(=O)CC(=O)O. The molecule has 0 spiro atoms. The monoisotopic (exact) mass is 205 g/mol. The van der Waals surface area contributed by atoms with Gasteiger partial charge in [0.2, 0.25) is 0 Å². The van der Waals surface area contributed by atoms with Crippen LogP contribution in [0.4, 0.5) is 0 Å². The Bertz CT molecular complexity index is 396. The first-order valence-corrected chi connectivity index (χ1v) is 4.44. The van der Waals surface area contributed by atoms with Crippen molar-refractivity contribution in [2.75, 3.05) is 0 Å². The molecule has 1 rings (SSSR count). The predicted molar refractivity (Wildman–Crippen MR) is 55.1 cm³/mol. The first-order chi connectivity index (χ1) is 7.09. The van der Waals surface area contributed by atoms with Crippen LogP contribution in [0.1, 0.15) is 19.0 Å². The molecule has 0 unspecified atom stereocenters. The number of hydrogen-bond donors (Lipinski definition) is 1. The summed E-state index contributed by atoms with van der Waals surface area (Å²) in [5.41, 5.74) is 1.05. The molecule has 0 amide bonds. The van der Waals surface area contributed by atoms with Crippen molar-refractivity contribution < 1.29 is 14.7 Å². The zero-order valence-corrected chi connectivity index (χ0v) is 8.30. The molecule has 0 aliphatic rings. The fraction of sp³-hybridized carbons (Fsp3) is 0.182. The van der Waals surface area contributed by atoms with E-state index in [0.29, 0.717) is 11.3 Å². The van der Waals surface area contributed by atoms with Crippen LogP contribution < -0.4 is 0 Å². The highest BCUT2D eigenvalue weighted by Crippen LogP contribution is 2.05. The van der Waals surface area contributed by atoms with Gasteiger partial charge in [-0.25, -0.2) is 0 Å². The van der Waals surface area contributed by atoms with Crippen molar-refractivity contribution in [1.82, 2.24) is 4.98 Å². The molecule has 0 radical (unpaired) electrons. The lowest BCUT2D eigenvalue weighted by atomic mass is 10.1. The second kappa shape index (κ2) is 5.05. The zero-order chi connectivity index (χ0) is 11.3. The number of hydrogen-bond acceptors (Lipinski definition) is 3. The van der Waals surface area contributed by atoms with Gasteiger partial charge < -0.3 is 5.11 Å². The third-order valence-corrected chi connectivity index (χ3v) is 1.80. The molecule has 1 N–H and O–H groups in total. The van der Waals surface area contributed by atoms with Crippen LogP contribution in [0.25, 0.3) is 6.08 Å². The minimum Gasteiger partial charge on any atom is -0.481 e. The highest BCUT2D eigenvalue weighted by molar-refractivity contribution is 6.07. The fourth-order valence-corrected chi connectivity index (χ4v) is 1.04. The van der Waals surface area contributed by atoms with E-state index in [4.69, 9.17) is 5.11 Å². The number of pyridine rings is 1. The van der Waals surface area contributed by atoms with Crippen LogP contribution in [0.3, 0.4) is 0 Å². The van der Waals surface area contributed by atoms with Gasteiger partial charge in [-0.15, -0.1) is 0 Å². The molecule has 0 bridgehead atoms. The van der Waals surface area contributed by atoms with Crippen LogP contribution in [0.5, 0.6) is 0 Å². The van der Waals surface area contributed by atoms with Crippen LogP contribution in [0.2, 0.25) is 0 Å². The molecule has 1 heterocycles. The van der Waals surface area contributed by atoms with Gasteiger partial charge in [-0.2, -0.15) is 0 Å². The summed E-state index contributed by atoms with van der Waals surface area (Å²) in [7, 11) is 0. The molecule has 1 aromatic heterocycles. The van der Waals surface area contributed by atoms with Crippen LogP contribution in [0.15, 0.2) is 30.0 Å². The van der Waals surface area contributed by atoms with Gasteiger partial charge in [0.1, 0.15) is 6.42 Å². The molecule has 0 aliphatic carbocycles. The number of aromatic nitrogens is 1. The molecule has 1 aromatic rings. The number of allylic oxidation sites excluding steroid dienone is 1. The van der Waals surface area contributed by atoms with E-state index in [9.17, 15) is 9.59 Å². The Kier molecular flexibility index (Phi) is 3.74. The summed E-state index contributed by atoms with van der Waals surface area (Å²) < 4.78 is 0. The quantitative estimate of drug-likeness (QED) is 0.597. The normalized spacial score (nSPS) is 11.1. The molecular formula is C11H11NO3. The smallest absolute Gasteiger partial charge is 0.311 e. The number of carbonyl (C=O) groups is 2. The van der Waals surface area contributed by atoms with Crippen molar-refractivity contribution in [1.29, 1.82) is 0 Å². The third kappa shape index (κ3) is 3.72. The first-order valence-electron chi connectivity index (χ1n) is 4.44. The van der Waals surface area contributed by atoms with E-state index in [2.05, 4.69) is 4.98 Å². The summed E-state index contributed by atoms with van der Waals surface area (Å²) in [5, 5.41) is 8.44. The summed E-state index contributed by atoms with van der Waals surface area (Å²) >= 11 is 0. The fourth-order valence-electron chi connectivity index (χ4n) is 1.04. The van der Waals surface area contributed by atoms with E-state index in [1.165, 1.54) is 0 Å². The van der Waals surface area contributed by atoms with Crippen LogP contribution >= 0.6 is 0 Å². The average Bonchev–Trinajstić information content (AvgIpc) is 2.18. The molecule has 0 atom stereocenters. The van der Waals surface area contributed by atoms with Crippen molar-refractivity contribution in [2.45, 2.75) is 13.3 Å². The van der Waals surface area contributed by atoms with Crippen molar-refractivity contribution in [2.24, 2.45) is 0 Å². The van der Waals surface area contributed by atoms with E-state index in [1.54, 1.807) is 37.4 Å². The molecule has 15 heavy (non-hydrogen) atoms. The summed E-state index contributed by atoms with van der Waals surface area (Å²) in [4.78, 5) is 25.6. The van der Waals surface area contributed by atoms with E-state index in [0.717, 1.165) is 0 Å². The van der Waals surface area contributed by atoms with Crippen molar-refractivity contribution in [3.8, 4) is 0 Å². The number of Topliss-reactive ketones (excluding diaryl/α,β-unsaturated/α-hetero) is 1. The lowest BCUT2D eigenvalue weighted by Gasteiger charge is -1.97. The van der Waals surface area contributed by atoms with Crippen molar-refractivity contribution in [3.05, 3.63) is 35.7 Å². The number of carbonyl (C=O) groups excluding carboxylic acids is 1. The van der Waals surface area contributed by atoms with Gasteiger partial charge >= 0.3 is 5.97 Å². The van der Waals surface area contributed by atoms with E-state index < -0.39 is 18.2 Å². The number of rotatable bonds is 4. The molecule has 0 aromatic carbocycles. The number of carboxylic acid groups (broad SMARTS) is 1. The number of nitrogens with zero attached hydrogens (tertiary/aromatic N) is 1. The minimum atomic E-state index is -1.12. The maximum atomic E-state index is 11.3. The summed E-state index contributed by atoms with van der Waals surface area (Å²) in [5.74, 6) is -1.51. The lowest BCUT2D eigenvalue weighted by molar-refractivity contribution is -0.139. The molecule has 0 fully saturated rings. The maximum Gasteiger partial charge on any atom is 0.311 e. The molecule has 0 saturated carbocycles. The van der Waals surface area contributed by atoms with Crippen LogP contribution in [-0.2, 0) is 9.59 Å². The Morgan fingerprint density at radius 3 is 2.73 bits per heavy atom. The average molecular weight is 205 g/mol. The van der Waals surface area contributed by atoms with Crippen molar-refractivity contribution in [3.63, 3.8) is 0 Å². The molecule has 0 saturated heterocycles. The Morgan fingerprint density at radius 1 is 1.47 bits per heavy atom. The molecule has 0 aliphatic heterocycles. The van der Waals surface area contributed by atoms with Gasteiger partial charge in [0.25, 0.3) is 0 Å². The zero-order valence-electron chi connectivity index (χ0n) is 8.30. The highest BCUT2D eigenvalue weighted by atomic mass is 16.4. The largest absolute Gasteiger partial charge is 0.481 e. The highest BCUT2D eigenvalue weighted by Gasteiger charge is 2.09. The minimum absolute atomic E-state index is 0.395. The number of ketones is 1. The second-order valence-corrected chi connectivity index (χ2v) is 3.08. The summed E-state index contributed by atoms with van der Waals surface area (Å²) in [6, 6.07) is 5.32. The first kappa shape index (κ1) is 11.1. The lowest BCUT2D eigenvalue weighted by Crippen LogP contribution is -2.07. The Labute approximate surface area is 87.3 Å². The van der Waals surface area contributed by atoms with Gasteiger partial charge in [0.05, 0.1) is 5.69 Å². The number of carboxylic acids is 1. The molecular weight excluding hydrogens is 194 g/mol. The van der Waals surface area contributed by atoms with Gasteiger partial charge in [0, 0.05) is 6.20 Å². The van der Waals surface area contributed by atoms with Crippen LogP contribution in [0, 0.1) is 0 Å². The van der Waals surface area contributed by atoms with Crippen LogP contribution in [-0.4, -0.2) is 21.8 Å². The van der Waals surface area contributed by atoms with Crippen molar-refractivity contribution >= 4 is 17.8 Å². The summed E-state index contributed by atoms with van der Waals surface area (Å²) in [6.45, 7) is 1.58. The third-order valence-electron chi connectivity index (χ3n) is 1.80. The topological polar surface area (TPSA) is 67.3 Å². The molecule has 4 heteroatoms. The van der Waals surface area contributed by atoms with Gasteiger partial charge in [-0.3, -0.25) is 14.6 Å². The van der Waals surface area contributed by atoms with Gasteiger partial charge in [-0.05, 0) is 30.7 Å². The van der Waals surface area contributed by atoms with E-state index >= 15 is 0 Å². The summed E-state index contributed by atoms with van der Waals surface area (Å²) in [6.07, 6.45) is 2.71.